The Morgan fingerprint density at radius 3 is 2.76 bits per heavy atom. The fourth-order valence-electron chi connectivity index (χ4n) is 3.26. The molecular formula is C20H22N6O7S. The molecule has 1 fully saturated rings. The van der Waals surface area contributed by atoms with Crippen LogP contribution < -0.4 is 10.1 Å². The van der Waals surface area contributed by atoms with Gasteiger partial charge in [0.2, 0.25) is 10.0 Å². The highest BCUT2D eigenvalue weighted by Crippen LogP contribution is 2.30. The molecule has 0 spiro atoms. The van der Waals surface area contributed by atoms with Crippen LogP contribution in [0.25, 0.3) is 5.78 Å². The number of methoxy groups -OCH3 is 1. The monoisotopic (exact) mass is 490 g/mol. The Hall–Kier alpha value is -3.62. The number of carbonyl (C=O) groups excluding carboxylic acids is 2. The van der Waals surface area contributed by atoms with E-state index >= 15 is 0 Å². The fraction of sp³-hybridized carbons (Fsp3) is 0.350. The van der Waals surface area contributed by atoms with Crippen LogP contribution in [0.15, 0.2) is 41.6 Å². The van der Waals surface area contributed by atoms with Crippen molar-refractivity contribution in [2.24, 2.45) is 0 Å². The molecule has 0 unspecified atom stereocenters. The highest BCUT2D eigenvalue weighted by Gasteiger charge is 2.29. The number of fused-ring (bicyclic) bond motifs is 1. The van der Waals surface area contributed by atoms with Gasteiger partial charge in [-0.3, -0.25) is 9.59 Å². The third-order valence-electron chi connectivity index (χ3n) is 4.86. The second-order valence-electron chi connectivity index (χ2n) is 7.16. The summed E-state index contributed by atoms with van der Waals surface area (Å²) in [5.41, 5.74) is 0.210. The lowest BCUT2D eigenvalue weighted by Crippen LogP contribution is -2.40. The number of carbonyl (C=O) groups is 2. The number of rotatable bonds is 8. The molecule has 0 bridgehead atoms. The average molecular weight is 490 g/mol. The molecule has 34 heavy (non-hydrogen) atoms. The van der Waals surface area contributed by atoms with Crippen LogP contribution in [-0.2, 0) is 35.5 Å². The normalized spacial score (nSPS) is 14.6. The summed E-state index contributed by atoms with van der Waals surface area (Å²) in [5, 5.41) is 6.62. The molecule has 1 saturated heterocycles. The van der Waals surface area contributed by atoms with E-state index in [4.69, 9.17) is 14.2 Å². The number of hydrogen-bond donors (Lipinski definition) is 1. The summed E-state index contributed by atoms with van der Waals surface area (Å²) < 4.78 is 44.2. The maximum Gasteiger partial charge on any atom is 0.314 e. The Morgan fingerprint density at radius 2 is 2.03 bits per heavy atom. The summed E-state index contributed by atoms with van der Waals surface area (Å²) in [5.74, 6) is -0.651. The minimum absolute atomic E-state index is 0.0850. The average Bonchev–Trinajstić information content (AvgIpc) is 3.25. The number of esters is 1. The lowest BCUT2D eigenvalue weighted by molar-refractivity contribution is -0.146. The zero-order chi connectivity index (χ0) is 24.1. The molecular weight excluding hydrogens is 468 g/mol. The highest BCUT2D eigenvalue weighted by molar-refractivity contribution is 7.89. The Kier molecular flexibility index (Phi) is 7.00. The molecule has 1 aliphatic heterocycles. The Labute approximate surface area is 194 Å². The van der Waals surface area contributed by atoms with Crippen LogP contribution in [-0.4, -0.2) is 84.2 Å². The van der Waals surface area contributed by atoms with E-state index in [1.54, 1.807) is 18.5 Å². The van der Waals surface area contributed by atoms with Gasteiger partial charge in [0, 0.05) is 31.2 Å². The second kappa shape index (κ2) is 10.1. The number of sulfonamides is 1. The van der Waals surface area contributed by atoms with Gasteiger partial charge in [-0.1, -0.05) is 0 Å². The second-order valence-corrected chi connectivity index (χ2v) is 9.07. The number of nitrogens with zero attached hydrogens (tertiary/aromatic N) is 5. The fourth-order valence-corrected chi connectivity index (χ4v) is 4.85. The van der Waals surface area contributed by atoms with E-state index in [1.165, 1.54) is 34.1 Å². The van der Waals surface area contributed by atoms with Crippen LogP contribution in [0.2, 0.25) is 0 Å². The van der Waals surface area contributed by atoms with Crippen LogP contribution >= 0.6 is 0 Å². The molecule has 3 heterocycles. The van der Waals surface area contributed by atoms with Gasteiger partial charge < -0.3 is 19.5 Å². The molecule has 3 aromatic rings. The molecule has 1 N–H and O–H groups in total. The highest BCUT2D eigenvalue weighted by atomic mass is 32.2. The van der Waals surface area contributed by atoms with Crippen molar-refractivity contribution in [2.45, 2.75) is 11.3 Å². The minimum atomic E-state index is -3.86. The van der Waals surface area contributed by atoms with Crippen molar-refractivity contribution in [1.82, 2.24) is 23.9 Å². The predicted octanol–water partition coefficient (Wildman–Crippen LogP) is -0.122. The Balaban J connectivity index is 1.37. The van der Waals surface area contributed by atoms with E-state index < -0.39 is 28.5 Å². The summed E-state index contributed by atoms with van der Waals surface area (Å²) in [4.78, 5) is 32.4. The van der Waals surface area contributed by atoms with Gasteiger partial charge in [-0.25, -0.2) is 17.9 Å². The van der Waals surface area contributed by atoms with Crippen molar-refractivity contribution < 1.29 is 32.2 Å². The van der Waals surface area contributed by atoms with Gasteiger partial charge in [-0.05, 0) is 24.3 Å². The summed E-state index contributed by atoms with van der Waals surface area (Å²) in [6, 6.07) is 5.91. The summed E-state index contributed by atoms with van der Waals surface area (Å²) >= 11 is 0. The van der Waals surface area contributed by atoms with Crippen molar-refractivity contribution in [1.29, 1.82) is 0 Å². The molecule has 0 saturated carbocycles. The number of benzene rings is 1. The smallest absolute Gasteiger partial charge is 0.314 e. The number of nitrogens with one attached hydrogen (secondary N) is 1. The number of amides is 1. The first-order valence-electron chi connectivity index (χ1n) is 10.2. The molecule has 1 amide bonds. The van der Waals surface area contributed by atoms with Crippen molar-refractivity contribution in [3.63, 3.8) is 0 Å². The first-order valence-corrected chi connectivity index (χ1v) is 11.7. The third kappa shape index (κ3) is 5.30. The lowest BCUT2D eigenvalue weighted by atomic mass is 10.3. The Bertz CT molecular complexity index is 1270. The van der Waals surface area contributed by atoms with E-state index in [0.29, 0.717) is 19.0 Å². The molecule has 1 aromatic carbocycles. The molecule has 1 aliphatic rings. The van der Waals surface area contributed by atoms with Gasteiger partial charge in [0.1, 0.15) is 17.1 Å². The summed E-state index contributed by atoms with van der Waals surface area (Å²) in [6.45, 7) is 0.460. The number of morpholine rings is 1. The molecule has 0 aliphatic carbocycles. The third-order valence-corrected chi connectivity index (χ3v) is 6.78. The van der Waals surface area contributed by atoms with E-state index in [1.807, 2.05) is 0 Å². The van der Waals surface area contributed by atoms with Gasteiger partial charge in [0.05, 0.1) is 20.3 Å². The van der Waals surface area contributed by atoms with Crippen LogP contribution in [0.3, 0.4) is 0 Å². The molecule has 4 rings (SSSR count). The van der Waals surface area contributed by atoms with Crippen molar-refractivity contribution >= 4 is 33.4 Å². The molecule has 2 aromatic heterocycles. The summed E-state index contributed by atoms with van der Waals surface area (Å²) in [6.07, 6.45) is 2.95. The van der Waals surface area contributed by atoms with Gasteiger partial charge in [-0.2, -0.15) is 9.29 Å². The quantitative estimate of drug-likeness (QED) is 0.423. The van der Waals surface area contributed by atoms with Gasteiger partial charge >= 0.3 is 5.97 Å². The Morgan fingerprint density at radius 1 is 1.24 bits per heavy atom. The first kappa shape index (κ1) is 23.5. The largest absolute Gasteiger partial charge is 0.495 e. The predicted molar refractivity (Wildman–Crippen MR) is 117 cm³/mol. The van der Waals surface area contributed by atoms with E-state index in [2.05, 4.69) is 20.4 Å². The van der Waals surface area contributed by atoms with Crippen LogP contribution in [0.5, 0.6) is 5.75 Å². The van der Waals surface area contributed by atoms with Crippen molar-refractivity contribution in [3.05, 3.63) is 42.5 Å². The van der Waals surface area contributed by atoms with E-state index in [0.717, 1.165) is 0 Å². The van der Waals surface area contributed by atoms with Gasteiger partial charge in [-0.15, -0.1) is 5.10 Å². The van der Waals surface area contributed by atoms with E-state index in [9.17, 15) is 18.0 Å². The van der Waals surface area contributed by atoms with Crippen LogP contribution in [0.4, 0.5) is 5.69 Å². The van der Waals surface area contributed by atoms with Gasteiger partial charge in [0.25, 0.3) is 11.7 Å². The van der Waals surface area contributed by atoms with Crippen LogP contribution in [0.1, 0.15) is 5.82 Å². The van der Waals surface area contributed by atoms with Gasteiger partial charge in [0.15, 0.2) is 12.4 Å². The SMILES string of the molecule is COc1ccc(NC(=O)COC(=O)Cc2nc3ncccn3n2)cc1S(=O)(=O)N1CCOCC1. The van der Waals surface area contributed by atoms with Crippen molar-refractivity contribution in [2.75, 3.05) is 45.3 Å². The maximum absolute atomic E-state index is 13.0. The minimum Gasteiger partial charge on any atom is -0.495 e. The maximum atomic E-state index is 13.0. The zero-order valence-corrected chi connectivity index (χ0v) is 19.0. The van der Waals surface area contributed by atoms with Crippen molar-refractivity contribution in [3.8, 4) is 5.75 Å². The molecule has 180 valence electrons. The number of aromatic nitrogens is 4. The zero-order valence-electron chi connectivity index (χ0n) is 18.2. The number of ether oxygens (including phenoxy) is 3. The summed E-state index contributed by atoms with van der Waals surface area (Å²) in [7, 11) is -2.50. The van der Waals surface area contributed by atoms with Crippen LogP contribution in [0, 0.1) is 0 Å². The molecule has 0 radical (unpaired) electrons. The standard InChI is InChI=1S/C20H22N6O7S/c1-31-15-4-3-14(11-16(15)34(29,30)25-7-9-32-10-8-25)22-18(27)13-33-19(28)12-17-23-20-21-5-2-6-26(20)24-17/h2-6,11H,7-10,12-13H2,1H3,(H,22,27). The number of hydrogen-bond acceptors (Lipinski definition) is 10. The molecule has 0 atom stereocenters. The topological polar surface area (TPSA) is 154 Å². The molecule has 13 nitrogen and oxygen atoms in total. The lowest BCUT2D eigenvalue weighted by Gasteiger charge is -2.26. The number of anilines is 1. The molecule has 14 heteroatoms. The first-order chi connectivity index (χ1) is 16.4. The van der Waals surface area contributed by atoms with E-state index in [-0.39, 0.29) is 41.7 Å².